The van der Waals surface area contributed by atoms with E-state index < -0.39 is 18.0 Å². The van der Waals surface area contributed by atoms with Gasteiger partial charge in [-0.05, 0) is 78.6 Å². The molecule has 2 heterocycles. The molecule has 12 heteroatoms. The molecule has 1 aliphatic rings. The maximum atomic E-state index is 13.5. The van der Waals surface area contributed by atoms with Crippen LogP contribution in [-0.2, 0) is 19.1 Å². The molecule has 3 aromatic rings. The molecule has 1 fully saturated rings. The van der Waals surface area contributed by atoms with Gasteiger partial charge in [-0.2, -0.15) is 0 Å². The van der Waals surface area contributed by atoms with Crippen LogP contribution in [0.4, 0.5) is 5.69 Å². The highest BCUT2D eigenvalue weighted by molar-refractivity contribution is 9.10. The Kier molecular flexibility index (Phi) is 11.0. The van der Waals surface area contributed by atoms with Crippen LogP contribution in [0.1, 0.15) is 29.4 Å². The van der Waals surface area contributed by atoms with Gasteiger partial charge in [-0.1, -0.05) is 35.9 Å². The number of nitrogens with one attached hydrogen (secondary N) is 2. The first-order valence-corrected chi connectivity index (χ1v) is 15.0. The van der Waals surface area contributed by atoms with Gasteiger partial charge in [0.2, 0.25) is 0 Å². The van der Waals surface area contributed by atoms with Crippen molar-refractivity contribution in [3.05, 3.63) is 62.9 Å². The van der Waals surface area contributed by atoms with Gasteiger partial charge >= 0.3 is 11.9 Å². The van der Waals surface area contributed by atoms with Crippen molar-refractivity contribution in [1.82, 2.24) is 5.32 Å². The first kappa shape index (κ1) is 30.8. The number of thiophene rings is 1. The highest BCUT2D eigenvalue weighted by Crippen LogP contribution is 2.46. The van der Waals surface area contributed by atoms with E-state index in [0.29, 0.717) is 31.4 Å². The van der Waals surface area contributed by atoms with Gasteiger partial charge in [-0.25, -0.2) is 9.59 Å². The predicted molar refractivity (Wildman–Crippen MR) is 161 cm³/mol. The zero-order valence-electron chi connectivity index (χ0n) is 22.5. The fourth-order valence-corrected chi connectivity index (χ4v) is 6.56. The number of carbonyl (C=O) groups is 3. The summed E-state index contributed by atoms with van der Waals surface area (Å²) >= 11 is 11.0. The lowest BCUT2D eigenvalue weighted by Gasteiger charge is -2.30. The van der Waals surface area contributed by atoms with E-state index in [4.69, 9.17) is 30.5 Å². The normalized spacial score (nSPS) is 14.1. The van der Waals surface area contributed by atoms with E-state index in [2.05, 4.69) is 26.6 Å². The summed E-state index contributed by atoms with van der Waals surface area (Å²) in [6.45, 7) is 3.12. The molecule has 4 rings (SSSR count). The van der Waals surface area contributed by atoms with Crippen LogP contribution in [0.15, 0.2) is 53.0 Å². The Morgan fingerprint density at radius 2 is 1.90 bits per heavy atom. The topological polar surface area (TPSA) is 112 Å². The number of carbonyl (C=O) groups excluding carboxylic acids is 3. The number of amides is 1. The molecule has 1 saturated heterocycles. The molecule has 2 N–H and O–H groups in total. The van der Waals surface area contributed by atoms with Crippen molar-refractivity contribution in [3.63, 3.8) is 0 Å². The lowest BCUT2D eigenvalue weighted by Crippen LogP contribution is -2.44. The number of anilines is 1. The molecular formula is C29H30BrClN2O7S. The van der Waals surface area contributed by atoms with Gasteiger partial charge < -0.3 is 29.6 Å². The zero-order chi connectivity index (χ0) is 29.4. The molecule has 0 spiro atoms. The number of para-hydroxylation sites is 1. The highest BCUT2D eigenvalue weighted by Gasteiger charge is 2.32. The third-order valence-electron chi connectivity index (χ3n) is 6.38. The van der Waals surface area contributed by atoms with E-state index >= 15 is 0 Å². The van der Waals surface area contributed by atoms with Gasteiger partial charge in [0.05, 0.1) is 33.8 Å². The van der Waals surface area contributed by atoms with Crippen molar-refractivity contribution in [3.8, 4) is 21.9 Å². The van der Waals surface area contributed by atoms with E-state index in [0.717, 1.165) is 37.3 Å². The number of piperidine rings is 1. The Labute approximate surface area is 255 Å². The maximum absolute atomic E-state index is 13.5. The van der Waals surface area contributed by atoms with Gasteiger partial charge in [0, 0.05) is 5.92 Å². The van der Waals surface area contributed by atoms with E-state index in [1.807, 2.05) is 6.07 Å². The van der Waals surface area contributed by atoms with Gasteiger partial charge in [0.25, 0.3) is 5.91 Å². The second-order valence-corrected chi connectivity index (χ2v) is 11.3. The number of hydrogen-bond acceptors (Lipinski definition) is 9. The summed E-state index contributed by atoms with van der Waals surface area (Å²) in [5.74, 6) is -0.787. The van der Waals surface area contributed by atoms with Crippen LogP contribution in [0.2, 0.25) is 5.02 Å². The Balaban J connectivity index is 1.62. The van der Waals surface area contributed by atoms with Crippen LogP contribution in [0, 0.1) is 5.92 Å². The molecule has 0 aliphatic carbocycles. The zero-order valence-corrected chi connectivity index (χ0v) is 25.7. The van der Waals surface area contributed by atoms with Gasteiger partial charge in [-0.15, -0.1) is 11.3 Å². The standard InChI is InChI=1S/C29H30BrClN2O7S/c1-3-38-22(34)16-39-25-23(30)26(41-27(25)29(36)37-2)18-7-6-8-19(15-18)40-24(17-11-13-32-14-12-17)28(35)33-21-10-5-4-9-20(21)31/h4-10,15,17,24,32H,3,11-14,16H2,1-2H3,(H,33,35). The Morgan fingerprint density at radius 1 is 1.15 bits per heavy atom. The minimum absolute atomic E-state index is 0.00956. The van der Waals surface area contributed by atoms with Crippen LogP contribution in [-0.4, -0.2) is 57.4 Å². The van der Waals surface area contributed by atoms with Gasteiger partial charge in [0.1, 0.15) is 5.75 Å². The van der Waals surface area contributed by atoms with Crippen LogP contribution in [0.25, 0.3) is 10.4 Å². The summed E-state index contributed by atoms with van der Waals surface area (Å²) in [4.78, 5) is 38.7. The van der Waals surface area contributed by atoms with Gasteiger partial charge in [0.15, 0.2) is 23.3 Å². The number of esters is 2. The molecule has 1 aliphatic heterocycles. The second kappa shape index (κ2) is 14.7. The maximum Gasteiger partial charge on any atom is 0.351 e. The Hall–Kier alpha value is -3.12. The predicted octanol–water partition coefficient (Wildman–Crippen LogP) is 5.95. The SMILES string of the molecule is CCOC(=O)COc1c(C(=O)OC)sc(-c2cccc(OC(C(=O)Nc3ccccc3Cl)C3CCNCC3)c2)c1Br. The average molecular weight is 666 g/mol. The molecule has 41 heavy (non-hydrogen) atoms. The van der Waals surface area contributed by atoms with Crippen molar-refractivity contribution in [2.24, 2.45) is 5.92 Å². The van der Waals surface area contributed by atoms with E-state index in [1.54, 1.807) is 49.4 Å². The first-order valence-electron chi connectivity index (χ1n) is 13.0. The summed E-state index contributed by atoms with van der Waals surface area (Å²) in [6.07, 6.45) is 0.797. The molecular weight excluding hydrogens is 636 g/mol. The Bertz CT molecular complexity index is 1390. The molecule has 1 aromatic heterocycles. The Morgan fingerprint density at radius 3 is 2.61 bits per heavy atom. The fraction of sp³-hybridized carbons (Fsp3) is 0.345. The largest absolute Gasteiger partial charge is 0.480 e. The highest BCUT2D eigenvalue weighted by atomic mass is 79.9. The van der Waals surface area contributed by atoms with Crippen LogP contribution < -0.4 is 20.1 Å². The molecule has 0 bridgehead atoms. The third kappa shape index (κ3) is 7.79. The number of benzene rings is 2. The van der Waals surface area contributed by atoms with Crippen LogP contribution >= 0.6 is 38.9 Å². The van der Waals surface area contributed by atoms with E-state index in [1.165, 1.54) is 7.11 Å². The number of methoxy groups -OCH3 is 1. The smallest absolute Gasteiger partial charge is 0.351 e. The lowest BCUT2D eigenvalue weighted by molar-refractivity contribution is -0.145. The monoisotopic (exact) mass is 664 g/mol. The van der Waals surface area contributed by atoms with Crippen molar-refractivity contribution >= 4 is 62.4 Å². The fourth-order valence-electron chi connectivity index (χ4n) is 4.41. The van der Waals surface area contributed by atoms with Crippen LogP contribution in [0.5, 0.6) is 11.5 Å². The number of hydrogen-bond donors (Lipinski definition) is 2. The molecule has 1 unspecified atom stereocenters. The second-order valence-electron chi connectivity index (χ2n) is 9.11. The van der Waals surface area contributed by atoms with E-state index in [9.17, 15) is 14.4 Å². The first-order chi connectivity index (χ1) is 19.8. The molecule has 218 valence electrons. The summed E-state index contributed by atoms with van der Waals surface area (Å²) < 4.78 is 22.4. The molecule has 0 saturated carbocycles. The van der Waals surface area contributed by atoms with Crippen molar-refractivity contribution < 1.29 is 33.3 Å². The number of rotatable bonds is 11. The summed E-state index contributed by atoms with van der Waals surface area (Å²) in [5.41, 5.74) is 1.23. The molecule has 0 radical (unpaired) electrons. The number of ether oxygens (including phenoxy) is 4. The third-order valence-corrected chi connectivity index (χ3v) is 8.93. The quantitative estimate of drug-likeness (QED) is 0.242. The molecule has 9 nitrogen and oxygen atoms in total. The van der Waals surface area contributed by atoms with Crippen molar-refractivity contribution in [2.45, 2.75) is 25.9 Å². The lowest BCUT2D eigenvalue weighted by atomic mass is 9.91. The molecule has 1 atom stereocenters. The average Bonchev–Trinajstić information content (AvgIpc) is 3.32. The summed E-state index contributed by atoms with van der Waals surface area (Å²) in [6, 6.07) is 14.3. The summed E-state index contributed by atoms with van der Waals surface area (Å²) in [5, 5.41) is 6.68. The van der Waals surface area contributed by atoms with Crippen molar-refractivity contribution in [1.29, 1.82) is 0 Å². The molecule has 1 amide bonds. The minimum Gasteiger partial charge on any atom is -0.480 e. The number of halogens is 2. The molecule has 2 aromatic carbocycles. The van der Waals surface area contributed by atoms with Crippen molar-refractivity contribution in [2.75, 3.05) is 38.7 Å². The van der Waals surface area contributed by atoms with E-state index in [-0.39, 0.29) is 35.7 Å². The van der Waals surface area contributed by atoms with Gasteiger partial charge in [-0.3, -0.25) is 4.79 Å². The summed E-state index contributed by atoms with van der Waals surface area (Å²) in [7, 11) is 1.27. The van der Waals surface area contributed by atoms with Crippen LogP contribution in [0.3, 0.4) is 0 Å². The minimum atomic E-state index is -0.760.